The first-order valence-electron chi connectivity index (χ1n) is 13.4. The highest BCUT2D eigenvalue weighted by Crippen LogP contribution is 2.33. The second-order valence-corrected chi connectivity index (χ2v) is 10.7. The molecule has 0 aromatic heterocycles. The normalized spacial score (nSPS) is 53.0. The number of hydrogen-bond acceptors (Lipinski definition) is 18. The summed E-state index contributed by atoms with van der Waals surface area (Å²) in [6.45, 7) is -0.324. The number of β-amino-alcohol motifs (C(OH)–C–C–N with tert-alkyl or cyclic N) is 1. The number of nitrogens with one attached hydrogen (secondary N) is 1. The van der Waals surface area contributed by atoms with E-state index < -0.39 is 124 Å². The minimum atomic E-state index is -1.84. The van der Waals surface area contributed by atoms with Gasteiger partial charge in [-0.3, -0.25) is 0 Å². The molecule has 4 fully saturated rings. The maximum atomic E-state index is 10.8. The first-order chi connectivity index (χ1) is 19.4. The molecule has 4 aliphatic heterocycles. The average Bonchev–Trinajstić information content (AvgIpc) is 3.31. The van der Waals surface area contributed by atoms with Crippen LogP contribution < -0.4 is 5.32 Å². The maximum Gasteiger partial charge on any atom is 0.187 e. The minimum absolute atomic E-state index is 0.106. The topological polar surface area (TPSA) is 290 Å². The summed E-state index contributed by atoms with van der Waals surface area (Å²) in [4.78, 5) is 0. The lowest BCUT2D eigenvalue weighted by Gasteiger charge is -2.48. The quantitative estimate of drug-likeness (QED) is 0.116. The van der Waals surface area contributed by atoms with E-state index >= 15 is 0 Å². The van der Waals surface area contributed by atoms with Crippen LogP contribution in [0.3, 0.4) is 0 Å². The van der Waals surface area contributed by atoms with Crippen LogP contribution >= 0.6 is 0 Å². The van der Waals surface area contributed by atoms with Crippen molar-refractivity contribution in [2.45, 2.75) is 117 Å². The van der Waals surface area contributed by atoms with Crippen LogP contribution in [-0.4, -0.2) is 193 Å². The van der Waals surface area contributed by atoms with Gasteiger partial charge >= 0.3 is 0 Å². The molecule has 0 bridgehead atoms. The summed E-state index contributed by atoms with van der Waals surface area (Å²) < 4.78 is 33.3. The second kappa shape index (κ2) is 13.9. The highest BCUT2D eigenvalue weighted by molar-refractivity contribution is 4.97. The van der Waals surface area contributed by atoms with Crippen molar-refractivity contribution in [3.8, 4) is 0 Å². The zero-order valence-electron chi connectivity index (χ0n) is 22.1. The fraction of sp³-hybridized carbons (Fsp3) is 1.00. The fourth-order valence-corrected chi connectivity index (χ4v) is 5.41. The Kier molecular flexibility index (Phi) is 11.3. The monoisotopic (exact) mass is 603 g/mol. The summed E-state index contributed by atoms with van der Waals surface area (Å²) in [5.41, 5.74) is 0. The van der Waals surface area contributed by atoms with Gasteiger partial charge in [0.25, 0.3) is 0 Å². The molecule has 0 amide bonds. The van der Waals surface area contributed by atoms with Crippen molar-refractivity contribution in [1.29, 1.82) is 0 Å². The molecular weight excluding hydrogens is 562 g/mol. The molecule has 0 aromatic rings. The van der Waals surface area contributed by atoms with Crippen LogP contribution in [0.25, 0.3) is 0 Å². The molecule has 41 heavy (non-hydrogen) atoms. The van der Waals surface area contributed by atoms with Gasteiger partial charge in [0.05, 0.1) is 38.1 Å². The zero-order chi connectivity index (χ0) is 30.2. The Bertz CT molecular complexity index is 825. The first-order valence-corrected chi connectivity index (χ1v) is 13.4. The molecule has 0 aliphatic carbocycles. The van der Waals surface area contributed by atoms with Gasteiger partial charge in [-0.05, 0) is 6.92 Å². The molecule has 18 heteroatoms. The molecule has 18 nitrogen and oxygen atoms in total. The Morgan fingerprint density at radius 1 is 0.561 bits per heavy atom. The van der Waals surface area contributed by atoms with Crippen molar-refractivity contribution in [2.24, 2.45) is 0 Å². The lowest BCUT2D eigenvalue weighted by Crippen LogP contribution is -2.66. The van der Waals surface area contributed by atoms with Gasteiger partial charge in [0.15, 0.2) is 18.9 Å². The standard InChI is InChI=1S/C23H41NO17/c1-6-18(39-22-15(33)12(30)11(29)9(4-26)37-22)13(31)16(34)21(36-6)41-20-10(5-27)38-23(17(35)14(20)32)40-19-7(3-25)24-2-8(19)28/h6-35H,2-5H2,1H3/t6-,7-,8-,9-,10-,11-,12+,13-,14-,15-,16-,17-,18-,19-,20-,21-,22+,23-/m1/s1. The average molecular weight is 604 g/mol. The van der Waals surface area contributed by atoms with Crippen LogP contribution in [0.4, 0.5) is 0 Å². The van der Waals surface area contributed by atoms with Gasteiger partial charge in [0, 0.05) is 6.54 Å². The lowest BCUT2D eigenvalue weighted by atomic mass is 9.96. The molecule has 0 radical (unpaired) electrons. The molecule has 4 rings (SSSR count). The van der Waals surface area contributed by atoms with Crippen LogP contribution in [-0.2, 0) is 28.4 Å². The van der Waals surface area contributed by atoms with E-state index in [0.717, 1.165) is 0 Å². The van der Waals surface area contributed by atoms with Crippen LogP contribution in [0.1, 0.15) is 6.92 Å². The van der Waals surface area contributed by atoms with E-state index in [9.17, 15) is 56.2 Å². The summed E-state index contributed by atoms with van der Waals surface area (Å²) >= 11 is 0. The van der Waals surface area contributed by atoms with E-state index in [0.29, 0.717) is 0 Å². The van der Waals surface area contributed by atoms with E-state index in [2.05, 4.69) is 5.32 Å². The molecule has 4 aliphatic rings. The maximum absolute atomic E-state index is 10.8. The summed E-state index contributed by atoms with van der Waals surface area (Å²) in [6.07, 6.45) is -25.7. The molecule has 0 aromatic carbocycles. The van der Waals surface area contributed by atoms with E-state index in [1.54, 1.807) is 0 Å². The summed E-state index contributed by atoms with van der Waals surface area (Å²) in [7, 11) is 0. The van der Waals surface area contributed by atoms with Crippen LogP contribution in [0.5, 0.6) is 0 Å². The highest BCUT2D eigenvalue weighted by atomic mass is 16.8. The Hall–Kier alpha value is -0.720. The van der Waals surface area contributed by atoms with Crippen molar-refractivity contribution in [1.82, 2.24) is 5.32 Å². The van der Waals surface area contributed by atoms with E-state index in [1.165, 1.54) is 6.92 Å². The first kappa shape index (κ1) is 33.2. The van der Waals surface area contributed by atoms with Gasteiger partial charge in [0.2, 0.25) is 0 Å². The predicted molar refractivity (Wildman–Crippen MR) is 127 cm³/mol. The SMILES string of the molecule is C[C@H]1O[C@H](O[C@H]2[C@H](O)[C@@H](O)[C@@H](O[C@H]3[C@H](O)CN[C@@H]3CO)O[C@@H]2CO)[C@H](O)[C@@H](O)[C@@H]1O[C@@H]1O[C@H](CO)[C@@H](O)[C@H](O)[C@H]1O. The summed E-state index contributed by atoms with van der Waals surface area (Å²) in [5.74, 6) is 0. The van der Waals surface area contributed by atoms with Gasteiger partial charge in [0.1, 0.15) is 73.2 Å². The van der Waals surface area contributed by atoms with Crippen LogP contribution in [0.2, 0.25) is 0 Å². The minimum Gasteiger partial charge on any atom is -0.395 e. The Morgan fingerprint density at radius 2 is 1.05 bits per heavy atom. The molecule has 0 saturated carbocycles. The molecule has 240 valence electrons. The van der Waals surface area contributed by atoms with Crippen molar-refractivity contribution >= 4 is 0 Å². The molecule has 4 saturated heterocycles. The smallest absolute Gasteiger partial charge is 0.187 e. The number of aliphatic hydroxyl groups excluding tert-OH is 11. The van der Waals surface area contributed by atoms with Crippen molar-refractivity contribution in [3.63, 3.8) is 0 Å². The third kappa shape index (κ3) is 6.70. The number of rotatable bonds is 9. The molecular formula is C23H41NO17. The summed E-state index contributed by atoms with van der Waals surface area (Å²) in [6, 6.07) is -0.675. The molecule has 12 N–H and O–H groups in total. The Morgan fingerprint density at radius 3 is 1.63 bits per heavy atom. The van der Waals surface area contributed by atoms with Crippen molar-refractivity contribution in [3.05, 3.63) is 0 Å². The fourth-order valence-electron chi connectivity index (χ4n) is 5.41. The molecule has 0 spiro atoms. The van der Waals surface area contributed by atoms with Crippen molar-refractivity contribution < 1.29 is 84.6 Å². The van der Waals surface area contributed by atoms with E-state index in [-0.39, 0.29) is 13.2 Å². The molecule has 4 heterocycles. The number of aliphatic hydroxyl groups is 11. The Labute approximate surface area is 234 Å². The van der Waals surface area contributed by atoms with E-state index in [4.69, 9.17) is 28.4 Å². The van der Waals surface area contributed by atoms with Gasteiger partial charge in [-0.2, -0.15) is 0 Å². The number of ether oxygens (including phenoxy) is 6. The van der Waals surface area contributed by atoms with Crippen LogP contribution in [0.15, 0.2) is 0 Å². The largest absolute Gasteiger partial charge is 0.395 e. The summed E-state index contributed by atoms with van der Waals surface area (Å²) in [5, 5.41) is 115. The van der Waals surface area contributed by atoms with Crippen molar-refractivity contribution in [2.75, 3.05) is 26.4 Å². The zero-order valence-corrected chi connectivity index (χ0v) is 22.1. The van der Waals surface area contributed by atoms with Gasteiger partial charge in [-0.15, -0.1) is 0 Å². The predicted octanol–water partition coefficient (Wildman–Crippen LogP) is -7.83. The van der Waals surface area contributed by atoms with Gasteiger partial charge in [-0.1, -0.05) is 0 Å². The van der Waals surface area contributed by atoms with Crippen LogP contribution in [0, 0.1) is 0 Å². The van der Waals surface area contributed by atoms with E-state index in [1.807, 2.05) is 0 Å². The third-order valence-electron chi connectivity index (χ3n) is 7.88. The second-order valence-electron chi connectivity index (χ2n) is 10.7. The lowest BCUT2D eigenvalue weighted by molar-refractivity contribution is -0.378. The van der Waals surface area contributed by atoms with Gasteiger partial charge < -0.3 is 89.9 Å². The van der Waals surface area contributed by atoms with Gasteiger partial charge in [-0.25, -0.2) is 0 Å². The highest BCUT2D eigenvalue weighted by Gasteiger charge is 2.53. The third-order valence-corrected chi connectivity index (χ3v) is 7.88. The molecule has 18 atom stereocenters. The number of hydrogen-bond donors (Lipinski definition) is 12. The Balaban J connectivity index is 1.39. The molecule has 0 unspecified atom stereocenters.